The van der Waals surface area contributed by atoms with E-state index in [0.29, 0.717) is 6.54 Å². The van der Waals surface area contributed by atoms with E-state index in [4.69, 9.17) is 4.74 Å². The summed E-state index contributed by atoms with van der Waals surface area (Å²) in [5, 5.41) is 3.43. The molecule has 1 saturated heterocycles. The highest BCUT2D eigenvalue weighted by molar-refractivity contribution is 9.10. The maximum atomic E-state index is 12.5. The molecule has 1 aromatic carbocycles. The van der Waals surface area contributed by atoms with Gasteiger partial charge in [-0.25, -0.2) is 4.79 Å². The zero-order valence-corrected chi connectivity index (χ0v) is 14.6. The van der Waals surface area contributed by atoms with Gasteiger partial charge in [0.25, 0.3) is 0 Å². The summed E-state index contributed by atoms with van der Waals surface area (Å²) < 4.78 is 6.59. The topological polar surface area (TPSA) is 41.6 Å². The largest absolute Gasteiger partial charge is 0.444 e. The third-order valence-corrected chi connectivity index (χ3v) is 3.92. The standard InChI is InChI=1S/C16H23BrN2O2/c1-11-10-19(15(20)21-16(2,3)4)14(9-18-11)12-5-7-13(17)8-6-12/h5-8,11,14,18H,9-10H2,1-4H3/t11-,14+/m1/s1. The van der Waals surface area contributed by atoms with Crippen LogP contribution in [0.1, 0.15) is 39.3 Å². The number of benzene rings is 1. The normalized spacial score (nSPS) is 23.0. The van der Waals surface area contributed by atoms with E-state index in [1.165, 1.54) is 0 Å². The van der Waals surface area contributed by atoms with Crippen LogP contribution >= 0.6 is 15.9 Å². The van der Waals surface area contributed by atoms with Gasteiger partial charge >= 0.3 is 6.09 Å². The first-order chi connectivity index (χ1) is 9.76. The highest BCUT2D eigenvalue weighted by Crippen LogP contribution is 2.26. The summed E-state index contributed by atoms with van der Waals surface area (Å²) in [6.07, 6.45) is -0.247. The summed E-state index contributed by atoms with van der Waals surface area (Å²) in [5.41, 5.74) is 0.638. The van der Waals surface area contributed by atoms with Crippen molar-refractivity contribution in [2.75, 3.05) is 13.1 Å². The number of carbonyl (C=O) groups excluding carboxylic acids is 1. The molecule has 2 rings (SSSR count). The van der Waals surface area contributed by atoms with E-state index in [1.54, 1.807) is 0 Å². The summed E-state index contributed by atoms with van der Waals surface area (Å²) in [7, 11) is 0. The molecule has 5 heteroatoms. The van der Waals surface area contributed by atoms with Crippen LogP contribution in [0.5, 0.6) is 0 Å². The number of carbonyl (C=O) groups is 1. The summed E-state index contributed by atoms with van der Waals surface area (Å²) >= 11 is 3.44. The van der Waals surface area contributed by atoms with E-state index < -0.39 is 5.60 Å². The maximum Gasteiger partial charge on any atom is 0.410 e. The summed E-state index contributed by atoms with van der Waals surface area (Å²) in [5.74, 6) is 0. The molecule has 116 valence electrons. The van der Waals surface area contributed by atoms with Crippen LogP contribution in [0.4, 0.5) is 4.79 Å². The molecule has 21 heavy (non-hydrogen) atoms. The number of halogens is 1. The molecule has 0 aliphatic carbocycles. The van der Waals surface area contributed by atoms with Gasteiger partial charge in [0.1, 0.15) is 5.60 Å². The SMILES string of the molecule is C[C@@H]1CN(C(=O)OC(C)(C)C)[C@H](c2ccc(Br)cc2)CN1. The Morgan fingerprint density at radius 3 is 2.52 bits per heavy atom. The molecule has 0 unspecified atom stereocenters. The van der Waals surface area contributed by atoms with E-state index in [9.17, 15) is 4.79 Å². The first kappa shape index (κ1) is 16.3. The van der Waals surface area contributed by atoms with Crippen molar-refractivity contribution in [1.82, 2.24) is 10.2 Å². The number of piperazine rings is 1. The van der Waals surface area contributed by atoms with E-state index >= 15 is 0 Å². The first-order valence-electron chi connectivity index (χ1n) is 7.25. The quantitative estimate of drug-likeness (QED) is 0.835. The second-order valence-corrected chi connectivity index (χ2v) is 7.43. The highest BCUT2D eigenvalue weighted by Gasteiger charge is 2.33. The van der Waals surface area contributed by atoms with Crippen molar-refractivity contribution in [3.63, 3.8) is 0 Å². The molecule has 1 aliphatic heterocycles. The molecule has 0 bridgehead atoms. The molecular formula is C16H23BrN2O2. The highest BCUT2D eigenvalue weighted by atomic mass is 79.9. The number of nitrogens with zero attached hydrogens (tertiary/aromatic N) is 1. The molecular weight excluding hydrogens is 332 g/mol. The maximum absolute atomic E-state index is 12.5. The zero-order valence-electron chi connectivity index (χ0n) is 13.0. The number of hydrogen-bond donors (Lipinski definition) is 1. The fourth-order valence-corrected chi connectivity index (χ4v) is 2.68. The lowest BCUT2D eigenvalue weighted by Crippen LogP contribution is -2.54. The Balaban J connectivity index is 2.21. The van der Waals surface area contributed by atoms with Gasteiger partial charge in [0.05, 0.1) is 6.04 Å². The predicted octanol–water partition coefficient (Wildman–Crippen LogP) is 3.72. The molecule has 1 heterocycles. The van der Waals surface area contributed by atoms with Crippen molar-refractivity contribution in [3.8, 4) is 0 Å². The van der Waals surface area contributed by atoms with Crippen molar-refractivity contribution in [2.24, 2.45) is 0 Å². The van der Waals surface area contributed by atoms with Crippen LogP contribution in [-0.4, -0.2) is 35.7 Å². The molecule has 1 aliphatic rings. The molecule has 0 spiro atoms. The number of hydrogen-bond acceptors (Lipinski definition) is 3. The lowest BCUT2D eigenvalue weighted by atomic mass is 10.0. The van der Waals surface area contributed by atoms with E-state index in [1.807, 2.05) is 49.9 Å². The lowest BCUT2D eigenvalue weighted by molar-refractivity contribution is 0.00787. The summed E-state index contributed by atoms with van der Waals surface area (Å²) in [4.78, 5) is 14.3. The van der Waals surface area contributed by atoms with Gasteiger partial charge in [-0.15, -0.1) is 0 Å². The Labute approximate surface area is 135 Å². The minimum Gasteiger partial charge on any atom is -0.444 e. The van der Waals surface area contributed by atoms with Crippen LogP contribution in [0.25, 0.3) is 0 Å². The van der Waals surface area contributed by atoms with Crippen LogP contribution in [-0.2, 0) is 4.74 Å². The minimum absolute atomic E-state index is 0.00384. The predicted molar refractivity (Wildman–Crippen MR) is 87.3 cm³/mol. The fourth-order valence-electron chi connectivity index (χ4n) is 2.41. The lowest BCUT2D eigenvalue weighted by Gasteiger charge is -2.40. The van der Waals surface area contributed by atoms with Gasteiger partial charge in [0.15, 0.2) is 0 Å². The Bertz CT molecular complexity index is 496. The second kappa shape index (κ2) is 6.36. The average molecular weight is 355 g/mol. The number of rotatable bonds is 1. The number of nitrogens with one attached hydrogen (secondary N) is 1. The molecule has 1 fully saturated rings. The van der Waals surface area contributed by atoms with E-state index in [0.717, 1.165) is 16.6 Å². The van der Waals surface area contributed by atoms with Gasteiger partial charge in [-0.2, -0.15) is 0 Å². The van der Waals surface area contributed by atoms with Crippen molar-refractivity contribution in [1.29, 1.82) is 0 Å². The van der Waals surface area contributed by atoms with Gasteiger partial charge in [0, 0.05) is 23.6 Å². The molecule has 2 atom stereocenters. The van der Waals surface area contributed by atoms with Gasteiger partial charge < -0.3 is 10.1 Å². The average Bonchev–Trinajstić information content (AvgIpc) is 2.38. The van der Waals surface area contributed by atoms with E-state index in [-0.39, 0.29) is 18.2 Å². The fraction of sp³-hybridized carbons (Fsp3) is 0.562. The van der Waals surface area contributed by atoms with Crippen LogP contribution in [0.15, 0.2) is 28.7 Å². The second-order valence-electron chi connectivity index (χ2n) is 6.51. The van der Waals surface area contributed by atoms with Crippen LogP contribution in [0.2, 0.25) is 0 Å². The summed E-state index contributed by atoms with van der Waals surface area (Å²) in [6, 6.07) is 8.36. The number of ether oxygens (including phenoxy) is 1. The van der Waals surface area contributed by atoms with Gasteiger partial charge in [-0.3, -0.25) is 4.90 Å². The molecule has 0 radical (unpaired) electrons. The van der Waals surface area contributed by atoms with Crippen molar-refractivity contribution < 1.29 is 9.53 Å². The smallest absolute Gasteiger partial charge is 0.410 e. The molecule has 1 aromatic rings. The summed E-state index contributed by atoms with van der Waals surface area (Å²) in [6.45, 7) is 9.15. The molecule has 4 nitrogen and oxygen atoms in total. The molecule has 1 N–H and O–H groups in total. The minimum atomic E-state index is -0.477. The number of amides is 1. The Morgan fingerprint density at radius 1 is 1.33 bits per heavy atom. The Morgan fingerprint density at radius 2 is 1.95 bits per heavy atom. The van der Waals surface area contributed by atoms with Gasteiger partial charge in [-0.1, -0.05) is 28.1 Å². The molecule has 0 aromatic heterocycles. The first-order valence-corrected chi connectivity index (χ1v) is 8.04. The third kappa shape index (κ3) is 4.45. The Hall–Kier alpha value is -1.07. The van der Waals surface area contributed by atoms with Gasteiger partial charge in [0.2, 0.25) is 0 Å². The zero-order chi connectivity index (χ0) is 15.6. The van der Waals surface area contributed by atoms with Crippen LogP contribution < -0.4 is 5.32 Å². The van der Waals surface area contributed by atoms with Crippen molar-refractivity contribution in [3.05, 3.63) is 34.3 Å². The van der Waals surface area contributed by atoms with Crippen LogP contribution in [0.3, 0.4) is 0 Å². The van der Waals surface area contributed by atoms with E-state index in [2.05, 4.69) is 28.2 Å². The van der Waals surface area contributed by atoms with Gasteiger partial charge in [-0.05, 0) is 45.4 Å². The Kier molecular flexibility index (Phi) is 4.94. The third-order valence-electron chi connectivity index (χ3n) is 3.39. The monoisotopic (exact) mass is 354 g/mol. The molecule has 0 saturated carbocycles. The molecule has 1 amide bonds. The van der Waals surface area contributed by atoms with Crippen LogP contribution in [0, 0.1) is 0 Å². The van der Waals surface area contributed by atoms with Crippen molar-refractivity contribution in [2.45, 2.75) is 45.4 Å². The van der Waals surface area contributed by atoms with Crippen molar-refractivity contribution >= 4 is 22.0 Å².